The minimum atomic E-state index is -0.0167. The van der Waals surface area contributed by atoms with E-state index in [0.717, 1.165) is 11.4 Å². The van der Waals surface area contributed by atoms with Crippen LogP contribution in [-0.4, -0.2) is 4.57 Å². The van der Waals surface area contributed by atoms with Crippen LogP contribution in [0.5, 0.6) is 0 Å². The minimum absolute atomic E-state index is 0.0167. The van der Waals surface area contributed by atoms with Gasteiger partial charge in [-0.3, -0.25) is 0 Å². The Labute approximate surface area is 283 Å². The second-order valence-corrected chi connectivity index (χ2v) is 14.5. The summed E-state index contributed by atoms with van der Waals surface area (Å²) in [5.41, 5.74) is 13.7. The highest BCUT2D eigenvalue weighted by molar-refractivity contribution is 7.26. The van der Waals surface area contributed by atoms with Crippen molar-refractivity contribution in [3.8, 4) is 27.9 Å². The highest BCUT2D eigenvalue weighted by Gasteiger charge is 2.35. The molecule has 2 nitrogen and oxygen atoms in total. The van der Waals surface area contributed by atoms with Crippen LogP contribution in [0.25, 0.3) is 69.9 Å². The molecular weight excluding hydrogens is 601 g/mol. The Morgan fingerprint density at radius 3 is 2.10 bits per heavy atom. The van der Waals surface area contributed by atoms with Crippen molar-refractivity contribution in [3.63, 3.8) is 0 Å². The van der Waals surface area contributed by atoms with Crippen LogP contribution in [0.4, 0.5) is 11.4 Å². The van der Waals surface area contributed by atoms with E-state index in [2.05, 4.69) is 175 Å². The second kappa shape index (κ2) is 10.2. The third kappa shape index (κ3) is 3.98. The largest absolute Gasteiger partial charge is 0.356 e. The summed E-state index contributed by atoms with van der Waals surface area (Å²) in [7, 11) is 0. The van der Waals surface area contributed by atoms with Crippen LogP contribution >= 0.6 is 11.3 Å². The fourth-order valence-electron chi connectivity index (χ4n) is 8.02. The first-order chi connectivity index (χ1) is 23.5. The normalized spacial score (nSPS) is 13.4. The second-order valence-electron chi connectivity index (χ2n) is 13.5. The molecule has 0 saturated carbocycles. The number of anilines is 2. The highest BCUT2D eigenvalue weighted by Crippen LogP contribution is 2.49. The molecule has 2 aromatic heterocycles. The number of nitrogens with one attached hydrogen (secondary N) is 1. The number of aromatic nitrogens is 1. The molecule has 0 unspecified atom stereocenters. The third-order valence-corrected chi connectivity index (χ3v) is 11.6. The predicted octanol–water partition coefficient (Wildman–Crippen LogP) is 12.9. The van der Waals surface area contributed by atoms with E-state index in [-0.39, 0.29) is 5.41 Å². The number of hydrogen-bond donors (Lipinski definition) is 1. The molecule has 0 spiro atoms. The molecule has 2 heterocycles. The number of benzene rings is 7. The van der Waals surface area contributed by atoms with E-state index in [1.54, 1.807) is 0 Å². The van der Waals surface area contributed by atoms with Gasteiger partial charge in [-0.2, -0.15) is 0 Å². The maximum Gasteiger partial charge on any atom is 0.0555 e. The van der Waals surface area contributed by atoms with E-state index >= 15 is 0 Å². The van der Waals surface area contributed by atoms with Crippen molar-refractivity contribution in [2.24, 2.45) is 0 Å². The number of thiophene rings is 1. The van der Waals surface area contributed by atoms with Crippen LogP contribution in [0.1, 0.15) is 25.0 Å². The molecule has 7 aromatic carbocycles. The Balaban J connectivity index is 1.06. The Hall–Kier alpha value is -5.64. The average Bonchev–Trinajstić information content (AvgIpc) is 3.74. The Bertz CT molecular complexity index is 2710. The first kappa shape index (κ1) is 27.5. The molecule has 0 amide bonds. The van der Waals surface area contributed by atoms with Gasteiger partial charge in [-0.15, -0.1) is 11.3 Å². The quantitative estimate of drug-likeness (QED) is 0.204. The van der Waals surface area contributed by atoms with E-state index in [9.17, 15) is 0 Å². The number of para-hydroxylation sites is 1. The first-order valence-corrected chi connectivity index (χ1v) is 17.4. The molecule has 10 rings (SSSR count). The molecule has 3 heteroatoms. The molecule has 1 N–H and O–H groups in total. The van der Waals surface area contributed by atoms with Crippen molar-refractivity contribution in [2.45, 2.75) is 19.3 Å². The van der Waals surface area contributed by atoms with E-state index in [1.165, 1.54) is 81.0 Å². The molecule has 0 radical (unpaired) electrons. The molecule has 48 heavy (non-hydrogen) atoms. The zero-order chi connectivity index (χ0) is 32.0. The summed E-state index contributed by atoms with van der Waals surface area (Å²) in [5.74, 6) is 0. The van der Waals surface area contributed by atoms with Crippen molar-refractivity contribution in [3.05, 3.63) is 163 Å². The van der Waals surface area contributed by atoms with Crippen molar-refractivity contribution < 1.29 is 0 Å². The van der Waals surface area contributed by atoms with Crippen molar-refractivity contribution in [1.29, 1.82) is 0 Å². The van der Waals surface area contributed by atoms with Crippen LogP contribution in [0.2, 0.25) is 0 Å². The van der Waals surface area contributed by atoms with Gasteiger partial charge in [0, 0.05) is 53.4 Å². The van der Waals surface area contributed by atoms with Crippen molar-refractivity contribution >= 4 is 64.7 Å². The first-order valence-electron chi connectivity index (χ1n) is 16.6. The van der Waals surface area contributed by atoms with Crippen molar-refractivity contribution in [2.75, 3.05) is 5.32 Å². The van der Waals surface area contributed by atoms with Crippen molar-refractivity contribution in [1.82, 2.24) is 4.57 Å². The van der Waals surface area contributed by atoms with Gasteiger partial charge in [-0.05, 0) is 94.0 Å². The molecule has 228 valence electrons. The number of fused-ring (bicyclic) bond motifs is 10. The molecule has 1 aliphatic carbocycles. The van der Waals surface area contributed by atoms with Gasteiger partial charge in [0.25, 0.3) is 0 Å². The monoisotopic (exact) mass is 632 g/mol. The maximum atomic E-state index is 3.68. The standard InChI is InChI=1S/C45H32N2S/c1-45(2)38-14-8-6-12-33(38)34-22-21-31(27-39(34)45)46-30-19-16-28(17-20-30)29-18-24-40-37(26-29)43-41(47(40)32-10-4-3-5-11-32)25-23-36-35-13-7-9-15-42(35)48-44(36)43/h3-27,46H,1-2H3. The molecule has 0 fully saturated rings. The Morgan fingerprint density at radius 1 is 0.521 bits per heavy atom. The lowest BCUT2D eigenvalue weighted by Gasteiger charge is -2.22. The summed E-state index contributed by atoms with van der Waals surface area (Å²) in [5, 5.41) is 8.95. The van der Waals surface area contributed by atoms with Gasteiger partial charge in [0.2, 0.25) is 0 Å². The van der Waals surface area contributed by atoms with E-state index in [4.69, 9.17) is 0 Å². The minimum Gasteiger partial charge on any atom is -0.356 e. The van der Waals surface area contributed by atoms with Gasteiger partial charge in [0.15, 0.2) is 0 Å². The van der Waals surface area contributed by atoms with Gasteiger partial charge in [-0.25, -0.2) is 0 Å². The van der Waals surface area contributed by atoms with E-state index in [1.807, 2.05) is 11.3 Å². The van der Waals surface area contributed by atoms with Crippen LogP contribution in [0, 0.1) is 0 Å². The molecule has 0 aliphatic heterocycles. The maximum absolute atomic E-state index is 3.68. The van der Waals surface area contributed by atoms with Gasteiger partial charge in [-0.1, -0.05) is 105 Å². The molecule has 0 saturated heterocycles. The number of hydrogen-bond acceptors (Lipinski definition) is 2. The zero-order valence-corrected chi connectivity index (χ0v) is 27.6. The topological polar surface area (TPSA) is 17.0 Å². The fourth-order valence-corrected chi connectivity index (χ4v) is 9.27. The lowest BCUT2D eigenvalue weighted by atomic mass is 9.82. The van der Waals surface area contributed by atoms with Gasteiger partial charge >= 0.3 is 0 Å². The van der Waals surface area contributed by atoms with Crippen LogP contribution in [0.15, 0.2) is 152 Å². The third-order valence-electron chi connectivity index (χ3n) is 10.4. The fraction of sp³-hybridized carbons (Fsp3) is 0.0667. The molecule has 1 aliphatic rings. The lowest BCUT2D eigenvalue weighted by molar-refractivity contribution is 0.660. The SMILES string of the molecule is CC1(C)c2ccccc2-c2ccc(Nc3ccc(-c4ccc5c(c4)c4c6sc7ccccc7c6ccc4n5-c4ccccc4)cc3)cc21. The summed E-state index contributed by atoms with van der Waals surface area (Å²) < 4.78 is 5.10. The summed E-state index contributed by atoms with van der Waals surface area (Å²) in [6, 6.07) is 55.6. The predicted molar refractivity (Wildman–Crippen MR) is 206 cm³/mol. The molecule has 9 aromatic rings. The summed E-state index contributed by atoms with van der Waals surface area (Å²) in [6.07, 6.45) is 0. The Morgan fingerprint density at radius 2 is 1.23 bits per heavy atom. The molecule has 0 atom stereocenters. The van der Waals surface area contributed by atoms with Gasteiger partial charge in [0.1, 0.15) is 0 Å². The zero-order valence-electron chi connectivity index (χ0n) is 26.8. The smallest absolute Gasteiger partial charge is 0.0555 e. The average molecular weight is 633 g/mol. The van der Waals surface area contributed by atoms with Crippen LogP contribution < -0.4 is 5.32 Å². The molecular formula is C45H32N2S. The lowest BCUT2D eigenvalue weighted by Crippen LogP contribution is -2.15. The molecule has 0 bridgehead atoms. The summed E-state index contributed by atoms with van der Waals surface area (Å²) in [4.78, 5) is 0. The van der Waals surface area contributed by atoms with Crippen LogP contribution in [0.3, 0.4) is 0 Å². The van der Waals surface area contributed by atoms with Gasteiger partial charge in [0.05, 0.1) is 11.0 Å². The highest BCUT2D eigenvalue weighted by atomic mass is 32.1. The van der Waals surface area contributed by atoms with Crippen LogP contribution in [-0.2, 0) is 5.41 Å². The number of rotatable bonds is 4. The summed E-state index contributed by atoms with van der Waals surface area (Å²) in [6.45, 7) is 4.66. The Kier molecular flexibility index (Phi) is 5.82. The van der Waals surface area contributed by atoms with E-state index in [0.29, 0.717) is 0 Å². The van der Waals surface area contributed by atoms with E-state index < -0.39 is 0 Å². The summed E-state index contributed by atoms with van der Waals surface area (Å²) >= 11 is 1.90. The number of nitrogens with zero attached hydrogens (tertiary/aromatic N) is 1. The van der Waals surface area contributed by atoms with Gasteiger partial charge < -0.3 is 9.88 Å².